The van der Waals surface area contributed by atoms with Gasteiger partial charge in [-0.25, -0.2) is 5.43 Å². The molecule has 4 N–H and O–H groups in total. The molecule has 17 heavy (non-hydrogen) atoms. The molecular formula is C11H18N4O2. The molecule has 6 heteroatoms. The summed E-state index contributed by atoms with van der Waals surface area (Å²) in [6.07, 6.45) is 4.83. The first-order valence-corrected chi connectivity index (χ1v) is 6.08. The van der Waals surface area contributed by atoms with E-state index in [1.54, 1.807) is 0 Å². The molecule has 2 aliphatic rings. The molecule has 0 saturated heterocycles. The van der Waals surface area contributed by atoms with Crippen LogP contribution in [0.2, 0.25) is 0 Å². The van der Waals surface area contributed by atoms with Gasteiger partial charge in [0, 0.05) is 24.9 Å². The van der Waals surface area contributed by atoms with E-state index < -0.39 is 0 Å². The van der Waals surface area contributed by atoms with Crippen molar-refractivity contribution in [1.29, 1.82) is 0 Å². The van der Waals surface area contributed by atoms with Gasteiger partial charge in [0.25, 0.3) is 5.91 Å². The van der Waals surface area contributed by atoms with Crippen molar-refractivity contribution < 1.29 is 9.59 Å². The van der Waals surface area contributed by atoms with E-state index in [9.17, 15) is 9.59 Å². The van der Waals surface area contributed by atoms with Gasteiger partial charge in [-0.1, -0.05) is 12.8 Å². The normalized spacial score (nSPS) is 29.2. The number of hydrogen-bond donors (Lipinski definition) is 3. The van der Waals surface area contributed by atoms with E-state index >= 15 is 0 Å². The van der Waals surface area contributed by atoms with Gasteiger partial charge >= 0.3 is 0 Å². The highest BCUT2D eigenvalue weighted by Gasteiger charge is 2.26. The van der Waals surface area contributed by atoms with E-state index in [4.69, 9.17) is 5.73 Å². The Morgan fingerprint density at radius 2 is 2.12 bits per heavy atom. The minimum absolute atomic E-state index is 0.0338. The molecule has 2 amide bonds. The molecule has 1 aliphatic carbocycles. The fourth-order valence-electron chi connectivity index (χ4n) is 2.23. The molecule has 1 aliphatic heterocycles. The van der Waals surface area contributed by atoms with Crippen molar-refractivity contribution in [3.63, 3.8) is 0 Å². The van der Waals surface area contributed by atoms with Gasteiger partial charge in [0.1, 0.15) is 5.71 Å². The SMILES string of the molecule is NC1CCCCC1NC(=O)C1=NNC(=O)CC1. The van der Waals surface area contributed by atoms with Crippen LogP contribution >= 0.6 is 0 Å². The van der Waals surface area contributed by atoms with E-state index in [0.717, 1.165) is 25.7 Å². The monoisotopic (exact) mass is 238 g/mol. The fourth-order valence-corrected chi connectivity index (χ4v) is 2.23. The average molecular weight is 238 g/mol. The Balaban J connectivity index is 1.90. The van der Waals surface area contributed by atoms with Gasteiger partial charge in [0.05, 0.1) is 0 Å². The minimum atomic E-state index is -0.202. The molecule has 2 rings (SSSR count). The molecule has 6 nitrogen and oxygen atoms in total. The number of hydrogen-bond acceptors (Lipinski definition) is 4. The molecule has 0 aromatic heterocycles. The zero-order chi connectivity index (χ0) is 12.3. The Hall–Kier alpha value is -1.43. The van der Waals surface area contributed by atoms with Gasteiger partial charge in [0.15, 0.2) is 0 Å². The van der Waals surface area contributed by atoms with Crippen molar-refractivity contribution in [3.8, 4) is 0 Å². The Kier molecular flexibility index (Phi) is 3.73. The molecule has 2 unspecified atom stereocenters. The third kappa shape index (κ3) is 3.03. The highest BCUT2D eigenvalue weighted by molar-refractivity contribution is 6.39. The summed E-state index contributed by atoms with van der Waals surface area (Å²) in [6, 6.07) is 0.0723. The van der Waals surface area contributed by atoms with Crippen LogP contribution in [0, 0.1) is 0 Å². The molecule has 1 heterocycles. The topological polar surface area (TPSA) is 96.6 Å². The summed E-state index contributed by atoms with van der Waals surface area (Å²) in [5.74, 6) is -0.344. The van der Waals surface area contributed by atoms with Gasteiger partial charge in [-0.3, -0.25) is 9.59 Å². The number of nitrogens with two attached hydrogens (primary N) is 1. The Morgan fingerprint density at radius 3 is 2.76 bits per heavy atom. The predicted molar refractivity (Wildman–Crippen MR) is 63.2 cm³/mol. The third-order valence-electron chi connectivity index (χ3n) is 3.30. The van der Waals surface area contributed by atoms with Crippen LogP contribution in [0.4, 0.5) is 0 Å². The highest BCUT2D eigenvalue weighted by atomic mass is 16.2. The standard InChI is InChI=1S/C11H18N4O2/c12-7-3-1-2-4-8(7)13-11(17)9-5-6-10(16)15-14-9/h7-8H,1-6,12H2,(H,13,17)(H,15,16). The summed E-state index contributed by atoms with van der Waals surface area (Å²) >= 11 is 0. The van der Waals surface area contributed by atoms with Crippen LogP contribution in [0.1, 0.15) is 38.5 Å². The van der Waals surface area contributed by atoms with Gasteiger partial charge in [0.2, 0.25) is 5.91 Å². The largest absolute Gasteiger partial charge is 0.347 e. The summed E-state index contributed by atoms with van der Waals surface area (Å²) in [5, 5.41) is 6.67. The fraction of sp³-hybridized carbons (Fsp3) is 0.727. The van der Waals surface area contributed by atoms with Crippen molar-refractivity contribution in [3.05, 3.63) is 0 Å². The second-order valence-electron chi connectivity index (χ2n) is 4.62. The number of nitrogens with one attached hydrogen (secondary N) is 2. The molecule has 94 valence electrons. The van der Waals surface area contributed by atoms with E-state index in [0.29, 0.717) is 18.6 Å². The highest BCUT2D eigenvalue weighted by Crippen LogP contribution is 2.17. The van der Waals surface area contributed by atoms with Crippen molar-refractivity contribution >= 4 is 17.5 Å². The van der Waals surface area contributed by atoms with Crippen LogP contribution in [0.5, 0.6) is 0 Å². The Labute approximate surface area is 100 Å². The molecule has 1 fully saturated rings. The number of rotatable bonds is 2. The van der Waals surface area contributed by atoms with E-state index in [1.807, 2.05) is 0 Å². The minimum Gasteiger partial charge on any atom is -0.347 e. The summed E-state index contributed by atoms with van der Waals surface area (Å²) in [7, 11) is 0. The first-order chi connectivity index (χ1) is 8.16. The quantitative estimate of drug-likeness (QED) is 0.612. The maximum absolute atomic E-state index is 11.9. The second-order valence-corrected chi connectivity index (χ2v) is 4.62. The van der Waals surface area contributed by atoms with E-state index in [2.05, 4.69) is 15.8 Å². The van der Waals surface area contributed by atoms with Crippen LogP contribution in [0.25, 0.3) is 0 Å². The zero-order valence-corrected chi connectivity index (χ0v) is 9.74. The Bertz CT molecular complexity index is 353. The molecule has 0 aromatic rings. The van der Waals surface area contributed by atoms with Crippen LogP contribution in [-0.4, -0.2) is 29.6 Å². The molecule has 2 atom stereocenters. The summed E-state index contributed by atoms with van der Waals surface area (Å²) in [5.41, 5.74) is 8.66. The maximum atomic E-state index is 11.9. The Morgan fingerprint density at radius 1 is 1.35 bits per heavy atom. The number of carbonyl (C=O) groups is 2. The van der Waals surface area contributed by atoms with Crippen molar-refractivity contribution in [2.45, 2.75) is 50.6 Å². The predicted octanol–water partition coefficient (Wildman–Crippen LogP) is -0.361. The lowest BCUT2D eigenvalue weighted by Crippen LogP contribution is -2.51. The van der Waals surface area contributed by atoms with Crippen LogP contribution < -0.4 is 16.5 Å². The maximum Gasteiger partial charge on any atom is 0.267 e. The molecule has 0 aromatic carbocycles. The van der Waals surface area contributed by atoms with Crippen LogP contribution in [0.15, 0.2) is 5.10 Å². The summed E-state index contributed by atoms with van der Waals surface area (Å²) < 4.78 is 0. The molecule has 0 radical (unpaired) electrons. The van der Waals surface area contributed by atoms with Gasteiger partial charge in [-0.2, -0.15) is 5.10 Å². The van der Waals surface area contributed by atoms with Crippen molar-refractivity contribution in [2.24, 2.45) is 10.8 Å². The first kappa shape index (κ1) is 12.0. The van der Waals surface area contributed by atoms with Crippen LogP contribution in [-0.2, 0) is 9.59 Å². The van der Waals surface area contributed by atoms with Gasteiger partial charge in [-0.15, -0.1) is 0 Å². The van der Waals surface area contributed by atoms with Crippen molar-refractivity contribution in [1.82, 2.24) is 10.7 Å². The van der Waals surface area contributed by atoms with Crippen molar-refractivity contribution in [2.75, 3.05) is 0 Å². The molecule has 0 spiro atoms. The number of nitrogens with zero attached hydrogens (tertiary/aromatic N) is 1. The number of carbonyl (C=O) groups excluding carboxylic acids is 2. The molecule has 1 saturated carbocycles. The van der Waals surface area contributed by atoms with E-state index in [-0.39, 0.29) is 23.9 Å². The lowest BCUT2D eigenvalue weighted by atomic mass is 9.91. The van der Waals surface area contributed by atoms with Gasteiger partial charge < -0.3 is 11.1 Å². The third-order valence-corrected chi connectivity index (χ3v) is 3.30. The molecule has 0 bridgehead atoms. The second kappa shape index (κ2) is 5.27. The number of hydrazone groups is 1. The lowest BCUT2D eigenvalue weighted by molar-refractivity contribution is -0.121. The first-order valence-electron chi connectivity index (χ1n) is 6.08. The summed E-state index contributed by atoms with van der Waals surface area (Å²) in [4.78, 5) is 22.8. The summed E-state index contributed by atoms with van der Waals surface area (Å²) in [6.45, 7) is 0. The lowest BCUT2D eigenvalue weighted by Gasteiger charge is -2.29. The number of amides is 2. The van der Waals surface area contributed by atoms with E-state index in [1.165, 1.54) is 0 Å². The smallest absolute Gasteiger partial charge is 0.267 e. The van der Waals surface area contributed by atoms with Crippen LogP contribution in [0.3, 0.4) is 0 Å². The van der Waals surface area contributed by atoms with Gasteiger partial charge in [-0.05, 0) is 12.8 Å². The molecular weight excluding hydrogens is 220 g/mol. The zero-order valence-electron chi connectivity index (χ0n) is 9.74. The average Bonchev–Trinajstić information content (AvgIpc) is 2.33.